The minimum atomic E-state index is -0.0376. The summed E-state index contributed by atoms with van der Waals surface area (Å²) in [5.74, 6) is 0.302. The lowest BCUT2D eigenvalue weighted by molar-refractivity contribution is -0.132. The molecule has 74 valence electrons. The number of likely N-dealkylation sites (tertiary alicyclic amines) is 1. The molecule has 1 amide bonds. The molecule has 2 aliphatic rings. The lowest BCUT2D eigenvalue weighted by atomic mass is 10.4. The van der Waals surface area contributed by atoms with Crippen molar-refractivity contribution in [1.29, 1.82) is 0 Å². The average molecular weight is 191 g/mol. The summed E-state index contributed by atoms with van der Waals surface area (Å²) in [6, 6.07) is 0. The molecule has 1 aliphatic heterocycles. The number of hydrogen-bond acceptors (Lipinski definition) is 2. The van der Waals surface area contributed by atoms with Crippen molar-refractivity contribution in [2.75, 3.05) is 6.54 Å². The van der Waals surface area contributed by atoms with Gasteiger partial charge in [0.05, 0.1) is 6.33 Å². The van der Waals surface area contributed by atoms with E-state index in [2.05, 4.69) is 9.55 Å². The van der Waals surface area contributed by atoms with Crippen LogP contribution in [0.2, 0.25) is 0 Å². The van der Waals surface area contributed by atoms with E-state index in [1.54, 1.807) is 6.20 Å². The zero-order chi connectivity index (χ0) is 9.60. The smallest absolute Gasteiger partial charge is 0.224 e. The highest BCUT2D eigenvalue weighted by Gasteiger charge is 2.52. The fourth-order valence-electron chi connectivity index (χ4n) is 2.37. The second-order valence-corrected chi connectivity index (χ2v) is 4.10. The molecule has 0 unspecified atom stereocenters. The summed E-state index contributed by atoms with van der Waals surface area (Å²) in [6.45, 7) is 0.914. The Morgan fingerprint density at radius 1 is 1.43 bits per heavy atom. The zero-order valence-corrected chi connectivity index (χ0v) is 8.02. The van der Waals surface area contributed by atoms with Gasteiger partial charge in [0.25, 0.3) is 0 Å². The molecule has 4 heteroatoms. The number of aromatic nitrogens is 2. The first-order chi connectivity index (χ1) is 6.83. The van der Waals surface area contributed by atoms with Gasteiger partial charge in [0.2, 0.25) is 5.91 Å². The number of imidazole rings is 1. The van der Waals surface area contributed by atoms with E-state index in [0.717, 1.165) is 32.2 Å². The van der Waals surface area contributed by atoms with E-state index < -0.39 is 0 Å². The van der Waals surface area contributed by atoms with Crippen LogP contribution in [0.1, 0.15) is 25.7 Å². The van der Waals surface area contributed by atoms with Gasteiger partial charge < -0.3 is 9.47 Å². The molecule has 1 aliphatic carbocycles. The van der Waals surface area contributed by atoms with E-state index >= 15 is 0 Å². The summed E-state index contributed by atoms with van der Waals surface area (Å²) in [7, 11) is 0. The number of hydrogen-bond donors (Lipinski definition) is 0. The number of nitrogens with zero attached hydrogens (tertiary/aromatic N) is 3. The Kier molecular flexibility index (Phi) is 1.48. The van der Waals surface area contributed by atoms with Gasteiger partial charge >= 0.3 is 0 Å². The van der Waals surface area contributed by atoms with E-state index in [-0.39, 0.29) is 5.66 Å². The molecule has 2 heterocycles. The Labute approximate surface area is 82.5 Å². The van der Waals surface area contributed by atoms with E-state index in [0.29, 0.717) is 5.91 Å². The van der Waals surface area contributed by atoms with Crippen molar-refractivity contribution in [1.82, 2.24) is 14.5 Å². The zero-order valence-electron chi connectivity index (χ0n) is 8.02. The van der Waals surface area contributed by atoms with Gasteiger partial charge in [-0.25, -0.2) is 4.98 Å². The Morgan fingerprint density at radius 2 is 2.29 bits per heavy atom. The number of carbonyl (C=O) groups excluding carboxylic acids is 1. The van der Waals surface area contributed by atoms with Crippen molar-refractivity contribution in [3.8, 4) is 0 Å². The lowest BCUT2D eigenvalue weighted by Crippen LogP contribution is -2.40. The van der Waals surface area contributed by atoms with Crippen LogP contribution in [0.4, 0.5) is 0 Å². The second kappa shape index (κ2) is 2.59. The molecule has 0 radical (unpaired) electrons. The van der Waals surface area contributed by atoms with Crippen LogP contribution >= 0.6 is 0 Å². The van der Waals surface area contributed by atoms with E-state index in [1.807, 2.05) is 17.4 Å². The largest absolute Gasteiger partial charge is 0.319 e. The van der Waals surface area contributed by atoms with Gasteiger partial charge in [-0.05, 0) is 19.3 Å². The molecule has 2 fully saturated rings. The molecule has 4 nitrogen and oxygen atoms in total. The van der Waals surface area contributed by atoms with Crippen molar-refractivity contribution in [3.05, 3.63) is 18.7 Å². The molecule has 0 N–H and O–H groups in total. The van der Waals surface area contributed by atoms with Crippen LogP contribution in [-0.2, 0) is 10.5 Å². The topological polar surface area (TPSA) is 38.1 Å². The van der Waals surface area contributed by atoms with E-state index in [4.69, 9.17) is 0 Å². The van der Waals surface area contributed by atoms with Gasteiger partial charge in [-0.15, -0.1) is 0 Å². The Bertz CT molecular complexity index is 353. The number of rotatable bonds is 2. The van der Waals surface area contributed by atoms with Crippen LogP contribution < -0.4 is 0 Å². The van der Waals surface area contributed by atoms with Crippen LogP contribution in [0.25, 0.3) is 0 Å². The molecule has 0 spiro atoms. The van der Waals surface area contributed by atoms with Crippen LogP contribution in [-0.4, -0.2) is 26.9 Å². The number of carbonyl (C=O) groups is 1. The van der Waals surface area contributed by atoms with E-state index in [1.165, 1.54) is 0 Å². The molecule has 1 aromatic heterocycles. The van der Waals surface area contributed by atoms with Gasteiger partial charge in [-0.3, -0.25) is 4.79 Å². The molecule has 1 aromatic rings. The first-order valence-corrected chi connectivity index (χ1v) is 5.12. The molecule has 0 atom stereocenters. The van der Waals surface area contributed by atoms with Crippen molar-refractivity contribution in [2.24, 2.45) is 0 Å². The predicted molar refractivity (Wildman–Crippen MR) is 50.4 cm³/mol. The Morgan fingerprint density at radius 3 is 2.79 bits per heavy atom. The molecule has 0 bridgehead atoms. The Balaban J connectivity index is 1.94. The molecule has 14 heavy (non-hydrogen) atoms. The standard InChI is InChI=1S/C10H13N3O/c14-9-2-1-6-13(9)10(3-4-10)12-7-5-11-8-12/h5,7-8H,1-4,6H2. The summed E-state index contributed by atoms with van der Waals surface area (Å²) >= 11 is 0. The average Bonchev–Trinajstić information content (AvgIpc) is 2.69. The summed E-state index contributed by atoms with van der Waals surface area (Å²) in [5.41, 5.74) is -0.0376. The second-order valence-electron chi connectivity index (χ2n) is 4.10. The van der Waals surface area contributed by atoms with Crippen LogP contribution in [0, 0.1) is 0 Å². The quantitative estimate of drug-likeness (QED) is 0.698. The molecule has 0 aromatic carbocycles. The van der Waals surface area contributed by atoms with Crippen LogP contribution in [0.15, 0.2) is 18.7 Å². The third kappa shape index (κ3) is 0.937. The first-order valence-electron chi connectivity index (χ1n) is 5.12. The van der Waals surface area contributed by atoms with Crippen LogP contribution in [0.5, 0.6) is 0 Å². The first kappa shape index (κ1) is 8.03. The molecule has 1 saturated carbocycles. The van der Waals surface area contributed by atoms with Gasteiger partial charge in [0, 0.05) is 25.4 Å². The monoisotopic (exact) mass is 191 g/mol. The maximum Gasteiger partial charge on any atom is 0.224 e. The van der Waals surface area contributed by atoms with E-state index in [9.17, 15) is 4.79 Å². The highest BCUT2D eigenvalue weighted by molar-refractivity contribution is 5.79. The Hall–Kier alpha value is -1.32. The summed E-state index contributed by atoms with van der Waals surface area (Å²) in [5, 5.41) is 0. The normalized spacial score (nSPS) is 24.3. The molecular weight excluding hydrogens is 178 g/mol. The van der Waals surface area contributed by atoms with Crippen molar-refractivity contribution >= 4 is 5.91 Å². The fraction of sp³-hybridized carbons (Fsp3) is 0.600. The van der Waals surface area contributed by atoms with Crippen molar-refractivity contribution in [2.45, 2.75) is 31.3 Å². The maximum atomic E-state index is 11.6. The SMILES string of the molecule is O=C1CCCN1C1(n2ccnc2)CC1. The highest BCUT2D eigenvalue weighted by atomic mass is 16.2. The molecular formula is C10H13N3O. The highest BCUT2D eigenvalue weighted by Crippen LogP contribution is 2.48. The summed E-state index contributed by atoms with van der Waals surface area (Å²) in [4.78, 5) is 17.7. The minimum absolute atomic E-state index is 0.0376. The molecule has 3 rings (SSSR count). The van der Waals surface area contributed by atoms with Gasteiger partial charge in [0.15, 0.2) is 0 Å². The fourth-order valence-corrected chi connectivity index (χ4v) is 2.37. The van der Waals surface area contributed by atoms with Gasteiger partial charge in [0.1, 0.15) is 5.66 Å². The summed E-state index contributed by atoms with van der Waals surface area (Å²) < 4.78 is 2.08. The summed E-state index contributed by atoms with van der Waals surface area (Å²) in [6.07, 6.45) is 9.44. The van der Waals surface area contributed by atoms with Crippen molar-refractivity contribution in [3.63, 3.8) is 0 Å². The predicted octanol–water partition coefficient (Wildman–Crippen LogP) is 0.952. The lowest BCUT2D eigenvalue weighted by Gasteiger charge is -2.28. The minimum Gasteiger partial charge on any atom is -0.319 e. The number of amides is 1. The maximum absolute atomic E-state index is 11.6. The van der Waals surface area contributed by atoms with Crippen molar-refractivity contribution < 1.29 is 4.79 Å². The van der Waals surface area contributed by atoms with Gasteiger partial charge in [-0.2, -0.15) is 0 Å². The third-order valence-corrected chi connectivity index (χ3v) is 3.26. The molecule has 1 saturated heterocycles. The van der Waals surface area contributed by atoms with Gasteiger partial charge in [-0.1, -0.05) is 0 Å². The van der Waals surface area contributed by atoms with Crippen LogP contribution in [0.3, 0.4) is 0 Å². The third-order valence-electron chi connectivity index (χ3n) is 3.26.